The van der Waals surface area contributed by atoms with Crippen molar-refractivity contribution in [2.75, 3.05) is 51.4 Å². The van der Waals surface area contributed by atoms with Gasteiger partial charge in [0.2, 0.25) is 0 Å². The average molecular weight is 519 g/mol. The number of anilines is 2. The van der Waals surface area contributed by atoms with E-state index in [0.29, 0.717) is 61.3 Å². The Morgan fingerprint density at radius 1 is 1.00 bits per heavy atom. The number of pyridine rings is 1. The molecule has 38 heavy (non-hydrogen) atoms. The molecule has 2 aromatic rings. The first-order valence-electron chi connectivity index (χ1n) is 12.6. The number of hydrogen-bond donors (Lipinski definition) is 3. The van der Waals surface area contributed by atoms with Gasteiger partial charge in [0.15, 0.2) is 11.5 Å². The number of rotatable bonds is 9. The molecule has 0 bridgehead atoms. The van der Waals surface area contributed by atoms with Crippen molar-refractivity contribution < 1.29 is 19.1 Å². The lowest BCUT2D eigenvalue weighted by atomic mass is 10.2. The van der Waals surface area contributed by atoms with Gasteiger partial charge in [-0.25, -0.2) is 4.79 Å². The number of nitrogens with two attached hydrogens (primary N) is 1. The van der Waals surface area contributed by atoms with Crippen LogP contribution in [0.5, 0.6) is 0 Å². The lowest BCUT2D eigenvalue weighted by Gasteiger charge is -2.25. The van der Waals surface area contributed by atoms with Gasteiger partial charge < -0.3 is 35.6 Å². The summed E-state index contributed by atoms with van der Waals surface area (Å²) in [6.07, 6.45) is 8.70. The van der Waals surface area contributed by atoms with E-state index in [4.69, 9.17) is 15.2 Å². The second-order valence-electron chi connectivity index (χ2n) is 9.27. The number of nitrogen functional groups attached to an aromatic ring is 1. The van der Waals surface area contributed by atoms with Gasteiger partial charge in [-0.1, -0.05) is 24.3 Å². The van der Waals surface area contributed by atoms with Gasteiger partial charge in [-0.2, -0.15) is 0 Å². The lowest BCUT2D eigenvalue weighted by molar-refractivity contribution is 0.0592. The third-order valence-electron chi connectivity index (χ3n) is 5.98. The Bertz CT molecular complexity index is 1240. The number of benzene rings is 1. The summed E-state index contributed by atoms with van der Waals surface area (Å²) in [6.45, 7) is 2.72. The molecule has 0 atom stereocenters. The minimum atomic E-state index is -0.356. The van der Waals surface area contributed by atoms with Gasteiger partial charge in [-0.05, 0) is 63.3 Å². The van der Waals surface area contributed by atoms with E-state index >= 15 is 0 Å². The molecule has 0 spiro atoms. The first-order valence-corrected chi connectivity index (χ1v) is 12.6. The Labute approximate surface area is 222 Å². The maximum atomic E-state index is 13.3. The highest BCUT2D eigenvalue weighted by atomic mass is 16.6. The van der Waals surface area contributed by atoms with Gasteiger partial charge in [0, 0.05) is 31.1 Å². The summed E-state index contributed by atoms with van der Waals surface area (Å²) in [5, 5.41) is 5.78. The number of para-hydroxylation sites is 2. The summed E-state index contributed by atoms with van der Waals surface area (Å²) in [7, 11) is 4.00. The number of carbonyl (C=O) groups excluding carboxylic acids is 2. The van der Waals surface area contributed by atoms with Gasteiger partial charge >= 0.3 is 6.03 Å². The molecular weight excluding hydrogens is 484 g/mol. The van der Waals surface area contributed by atoms with Gasteiger partial charge in [0.05, 0.1) is 11.4 Å². The number of ether oxygens (including phenoxy) is 2. The van der Waals surface area contributed by atoms with Crippen molar-refractivity contribution in [3.63, 3.8) is 0 Å². The van der Waals surface area contributed by atoms with Crippen LogP contribution in [0, 0.1) is 0 Å². The summed E-state index contributed by atoms with van der Waals surface area (Å²) in [6, 6.07) is 10.3. The van der Waals surface area contributed by atoms with Crippen LogP contribution >= 0.6 is 0 Å². The fourth-order valence-electron chi connectivity index (χ4n) is 4.00. The van der Waals surface area contributed by atoms with Crippen LogP contribution in [0.15, 0.2) is 78.0 Å². The molecule has 1 aromatic carbocycles. The van der Waals surface area contributed by atoms with E-state index in [1.54, 1.807) is 53.6 Å². The van der Waals surface area contributed by atoms with E-state index in [0.717, 1.165) is 18.5 Å². The molecule has 1 saturated heterocycles. The van der Waals surface area contributed by atoms with E-state index in [-0.39, 0.29) is 17.6 Å². The number of urea groups is 1. The third-order valence-corrected chi connectivity index (χ3v) is 5.98. The normalized spacial score (nSPS) is 14.6. The molecule has 200 valence electrons. The summed E-state index contributed by atoms with van der Waals surface area (Å²) in [5.74, 6) is 0.963. The van der Waals surface area contributed by atoms with Crippen molar-refractivity contribution in [2.24, 2.45) is 0 Å². The molecular formula is C28H34N6O4. The average Bonchev–Trinajstić information content (AvgIpc) is 3.11. The van der Waals surface area contributed by atoms with Gasteiger partial charge in [-0.3, -0.25) is 9.78 Å². The van der Waals surface area contributed by atoms with E-state index in [1.165, 1.54) is 0 Å². The van der Waals surface area contributed by atoms with Crippen LogP contribution in [-0.2, 0) is 16.0 Å². The monoisotopic (exact) mass is 518 g/mol. The Balaban J connectivity index is 1.42. The predicted molar refractivity (Wildman–Crippen MR) is 146 cm³/mol. The minimum Gasteiger partial charge on any atom is -0.486 e. The molecule has 1 fully saturated rings. The predicted octanol–water partition coefficient (Wildman–Crippen LogP) is 3.48. The Morgan fingerprint density at radius 2 is 1.79 bits per heavy atom. The van der Waals surface area contributed by atoms with Crippen LogP contribution in [0.2, 0.25) is 0 Å². The fraction of sp³-hybridized carbons (Fsp3) is 0.321. The molecule has 0 unspecified atom stereocenters. The van der Waals surface area contributed by atoms with E-state index in [9.17, 15) is 9.59 Å². The maximum absolute atomic E-state index is 13.3. The molecule has 4 rings (SSSR count). The van der Waals surface area contributed by atoms with E-state index in [1.807, 2.05) is 26.2 Å². The van der Waals surface area contributed by atoms with Crippen LogP contribution in [0.3, 0.4) is 0 Å². The van der Waals surface area contributed by atoms with Crippen LogP contribution in [0.25, 0.3) is 0 Å². The van der Waals surface area contributed by atoms with Crippen molar-refractivity contribution in [1.29, 1.82) is 0 Å². The van der Waals surface area contributed by atoms with Crippen LogP contribution in [0.4, 0.5) is 16.2 Å². The number of nitrogens with one attached hydrogen (secondary N) is 2. The Morgan fingerprint density at radius 3 is 2.53 bits per heavy atom. The van der Waals surface area contributed by atoms with E-state index in [2.05, 4.69) is 20.5 Å². The fourth-order valence-corrected chi connectivity index (χ4v) is 4.00. The molecule has 1 aromatic heterocycles. The summed E-state index contributed by atoms with van der Waals surface area (Å²) >= 11 is 0. The number of nitrogens with zero attached hydrogens (tertiary/aromatic N) is 3. The summed E-state index contributed by atoms with van der Waals surface area (Å²) in [5.41, 5.74) is 8.65. The van der Waals surface area contributed by atoms with Gasteiger partial charge in [-0.15, -0.1) is 0 Å². The second kappa shape index (κ2) is 12.8. The Hall–Kier alpha value is -4.31. The maximum Gasteiger partial charge on any atom is 0.322 e. The minimum absolute atomic E-state index is 0.228. The van der Waals surface area contributed by atoms with Crippen molar-refractivity contribution in [2.45, 2.75) is 19.4 Å². The number of allylic oxidation sites excluding steroid dienone is 3. The highest BCUT2D eigenvalue weighted by Gasteiger charge is 2.20. The quantitative estimate of drug-likeness (QED) is 0.435. The largest absolute Gasteiger partial charge is 0.486 e. The molecule has 3 amide bonds. The Kier molecular flexibility index (Phi) is 8.99. The third kappa shape index (κ3) is 7.36. The second-order valence-corrected chi connectivity index (χ2v) is 9.27. The number of aromatic nitrogens is 1. The standard InChI is InChI=1S/C28H34N6O4/c1-33(2)13-6-14-34(28(36)31-21-7-5-10-25-26(17-21)38-16-15-37-25)19-20-11-12-24(30-18-20)27(35)32-23-9-4-3-8-22(23)29/h3-4,7-12,17-18H,5-6,13-16,19,29H2,1-2H3,(H,31,36)(H,32,35). The zero-order valence-corrected chi connectivity index (χ0v) is 21.8. The number of carbonyl (C=O) groups is 2. The topological polar surface area (TPSA) is 122 Å². The zero-order valence-electron chi connectivity index (χ0n) is 21.8. The molecule has 4 N–H and O–H groups in total. The molecule has 2 aliphatic rings. The molecule has 2 heterocycles. The molecule has 10 heteroatoms. The number of fused-ring (bicyclic) bond motifs is 1. The van der Waals surface area contributed by atoms with Crippen LogP contribution in [-0.4, -0.2) is 67.1 Å². The van der Waals surface area contributed by atoms with E-state index < -0.39 is 0 Å². The first kappa shape index (κ1) is 26.7. The van der Waals surface area contributed by atoms with Gasteiger partial charge in [0.25, 0.3) is 5.91 Å². The SMILES string of the molecule is CN(C)CCCN(Cc1ccc(C(=O)Nc2ccccc2N)nc1)C(=O)NC1=CCC=C2OCCOC2=C1. The molecule has 0 saturated carbocycles. The van der Waals surface area contributed by atoms with Crippen molar-refractivity contribution in [1.82, 2.24) is 20.1 Å². The molecule has 1 aliphatic carbocycles. The summed E-state index contributed by atoms with van der Waals surface area (Å²) in [4.78, 5) is 34.1. The van der Waals surface area contributed by atoms with Crippen LogP contribution < -0.4 is 16.4 Å². The molecule has 1 aliphatic heterocycles. The molecule has 0 radical (unpaired) electrons. The van der Waals surface area contributed by atoms with Gasteiger partial charge in [0.1, 0.15) is 18.9 Å². The zero-order chi connectivity index (χ0) is 26.9. The highest BCUT2D eigenvalue weighted by Crippen LogP contribution is 2.23. The van der Waals surface area contributed by atoms with Crippen LogP contribution in [0.1, 0.15) is 28.9 Å². The van der Waals surface area contributed by atoms with Crippen molar-refractivity contribution in [3.8, 4) is 0 Å². The van der Waals surface area contributed by atoms with Crippen molar-refractivity contribution in [3.05, 3.63) is 89.3 Å². The lowest BCUT2D eigenvalue weighted by Crippen LogP contribution is -2.40. The highest BCUT2D eigenvalue weighted by molar-refractivity contribution is 6.04. The number of amides is 3. The smallest absolute Gasteiger partial charge is 0.322 e. The number of hydrogen-bond acceptors (Lipinski definition) is 7. The van der Waals surface area contributed by atoms with Crippen molar-refractivity contribution >= 4 is 23.3 Å². The first-order chi connectivity index (χ1) is 18.4. The molecule has 10 nitrogen and oxygen atoms in total. The summed E-state index contributed by atoms with van der Waals surface area (Å²) < 4.78 is 11.4.